The molecule has 0 spiro atoms. The number of methoxy groups -OCH3 is 1. The molecule has 0 aliphatic carbocycles. The van der Waals surface area contributed by atoms with Crippen LogP contribution in [0.3, 0.4) is 0 Å². The van der Waals surface area contributed by atoms with Crippen molar-refractivity contribution in [3.63, 3.8) is 0 Å². The average Bonchev–Trinajstić information content (AvgIpc) is 3.12. The molecule has 7 nitrogen and oxygen atoms in total. The molecule has 0 aliphatic rings. The van der Waals surface area contributed by atoms with E-state index in [4.69, 9.17) is 9.84 Å². The first-order chi connectivity index (χ1) is 10.1. The molecular weight excluding hydrogens is 274 g/mol. The lowest BCUT2D eigenvalue weighted by Gasteiger charge is -2.03. The van der Waals surface area contributed by atoms with Gasteiger partial charge in [-0.2, -0.15) is 0 Å². The highest BCUT2D eigenvalue weighted by Crippen LogP contribution is 2.30. The minimum Gasteiger partial charge on any atom is -0.496 e. The van der Waals surface area contributed by atoms with Crippen molar-refractivity contribution in [1.29, 1.82) is 0 Å². The maximum atomic E-state index is 12.6. The summed E-state index contributed by atoms with van der Waals surface area (Å²) in [4.78, 5) is 32.9. The molecule has 21 heavy (non-hydrogen) atoms. The molecule has 0 saturated heterocycles. The molecule has 0 atom stereocenters. The standard InChI is InChI=1S/C14H11N3O4/c1-21-9-4-2-3-8-10(9)7(5-15-8)13(18)11-12(14(19)20)17-6-16-11/h2-6,15H,1H3,(H,16,17)(H,19,20). The Morgan fingerprint density at radius 3 is 2.81 bits per heavy atom. The molecule has 0 fully saturated rings. The van der Waals surface area contributed by atoms with Crippen molar-refractivity contribution in [2.45, 2.75) is 0 Å². The first-order valence-electron chi connectivity index (χ1n) is 6.09. The number of ether oxygens (including phenoxy) is 1. The van der Waals surface area contributed by atoms with E-state index in [-0.39, 0.29) is 11.4 Å². The number of hydrogen-bond acceptors (Lipinski definition) is 4. The number of hydrogen-bond donors (Lipinski definition) is 3. The zero-order valence-electron chi connectivity index (χ0n) is 11.0. The monoisotopic (exact) mass is 285 g/mol. The van der Waals surface area contributed by atoms with Crippen LogP contribution >= 0.6 is 0 Å². The van der Waals surface area contributed by atoms with E-state index in [1.807, 2.05) is 0 Å². The highest BCUT2D eigenvalue weighted by atomic mass is 16.5. The molecule has 3 rings (SSSR count). The Labute approximate surface area is 118 Å². The summed E-state index contributed by atoms with van der Waals surface area (Å²) < 4.78 is 5.25. The average molecular weight is 285 g/mol. The Hall–Kier alpha value is -3.09. The number of carbonyl (C=O) groups excluding carboxylic acids is 1. The summed E-state index contributed by atoms with van der Waals surface area (Å²) in [5.41, 5.74) is 0.681. The van der Waals surface area contributed by atoms with Gasteiger partial charge < -0.3 is 19.8 Å². The number of benzene rings is 1. The minimum absolute atomic E-state index is 0.130. The molecule has 0 unspecified atom stereocenters. The van der Waals surface area contributed by atoms with Crippen LogP contribution in [0.1, 0.15) is 26.5 Å². The predicted octanol–water partition coefficient (Wildman–Crippen LogP) is 1.83. The van der Waals surface area contributed by atoms with Crippen LogP contribution in [0.15, 0.2) is 30.7 Å². The summed E-state index contributed by atoms with van der Waals surface area (Å²) in [5, 5.41) is 9.66. The Bertz CT molecular complexity index is 847. The van der Waals surface area contributed by atoms with Crippen LogP contribution in [0.2, 0.25) is 0 Å². The largest absolute Gasteiger partial charge is 0.496 e. The van der Waals surface area contributed by atoms with Gasteiger partial charge in [-0.05, 0) is 12.1 Å². The molecule has 0 bridgehead atoms. The highest BCUT2D eigenvalue weighted by molar-refractivity contribution is 6.19. The van der Waals surface area contributed by atoms with Gasteiger partial charge in [0, 0.05) is 11.7 Å². The fourth-order valence-corrected chi connectivity index (χ4v) is 2.26. The summed E-state index contributed by atoms with van der Waals surface area (Å²) in [6, 6.07) is 5.33. The van der Waals surface area contributed by atoms with Crippen molar-refractivity contribution >= 4 is 22.7 Å². The molecule has 0 radical (unpaired) electrons. The fraction of sp³-hybridized carbons (Fsp3) is 0.0714. The molecule has 2 heterocycles. The van der Waals surface area contributed by atoms with Crippen LogP contribution < -0.4 is 4.74 Å². The second-order valence-electron chi connectivity index (χ2n) is 4.35. The minimum atomic E-state index is -1.23. The van der Waals surface area contributed by atoms with E-state index in [1.165, 1.54) is 19.6 Å². The van der Waals surface area contributed by atoms with E-state index < -0.39 is 11.8 Å². The van der Waals surface area contributed by atoms with Gasteiger partial charge in [0.15, 0.2) is 5.69 Å². The van der Waals surface area contributed by atoms with E-state index >= 15 is 0 Å². The number of aromatic carboxylic acids is 1. The summed E-state index contributed by atoms with van der Waals surface area (Å²) in [6.45, 7) is 0. The number of rotatable bonds is 4. The third kappa shape index (κ3) is 1.95. The molecule has 106 valence electrons. The van der Waals surface area contributed by atoms with Crippen molar-refractivity contribution in [2.24, 2.45) is 0 Å². The van der Waals surface area contributed by atoms with Gasteiger partial charge in [0.05, 0.1) is 24.4 Å². The maximum Gasteiger partial charge on any atom is 0.354 e. The molecule has 1 aromatic carbocycles. The number of fused-ring (bicyclic) bond motifs is 1. The maximum absolute atomic E-state index is 12.6. The van der Waals surface area contributed by atoms with Gasteiger partial charge in [0.2, 0.25) is 5.78 Å². The Morgan fingerprint density at radius 2 is 2.10 bits per heavy atom. The summed E-state index contributed by atoms with van der Waals surface area (Å²) in [6.07, 6.45) is 2.71. The SMILES string of the molecule is COc1cccc2[nH]cc(C(=O)c3nc[nH]c3C(=O)O)c12. The third-order valence-corrected chi connectivity index (χ3v) is 3.20. The van der Waals surface area contributed by atoms with Gasteiger partial charge in [0.25, 0.3) is 0 Å². The van der Waals surface area contributed by atoms with Gasteiger partial charge in [0.1, 0.15) is 11.4 Å². The lowest BCUT2D eigenvalue weighted by molar-refractivity contribution is 0.0687. The van der Waals surface area contributed by atoms with Crippen molar-refractivity contribution in [2.75, 3.05) is 7.11 Å². The van der Waals surface area contributed by atoms with E-state index in [2.05, 4.69) is 15.0 Å². The van der Waals surface area contributed by atoms with E-state index in [9.17, 15) is 9.59 Å². The summed E-state index contributed by atoms with van der Waals surface area (Å²) >= 11 is 0. The molecule has 3 aromatic rings. The van der Waals surface area contributed by atoms with Gasteiger partial charge in [-0.3, -0.25) is 4.79 Å². The van der Waals surface area contributed by atoms with Crippen molar-refractivity contribution in [1.82, 2.24) is 15.0 Å². The third-order valence-electron chi connectivity index (χ3n) is 3.20. The Kier molecular flexibility index (Phi) is 2.94. The number of H-pyrrole nitrogens is 2. The molecule has 0 amide bonds. The van der Waals surface area contributed by atoms with E-state index in [0.29, 0.717) is 16.7 Å². The van der Waals surface area contributed by atoms with Crippen LogP contribution in [0, 0.1) is 0 Å². The topological polar surface area (TPSA) is 108 Å². The van der Waals surface area contributed by atoms with Crippen LogP contribution in [-0.4, -0.2) is 38.9 Å². The number of aromatic nitrogens is 3. The summed E-state index contributed by atoms with van der Waals surface area (Å²) in [5.74, 6) is -1.18. The fourth-order valence-electron chi connectivity index (χ4n) is 2.26. The number of imidazole rings is 1. The second kappa shape index (κ2) is 4.78. The number of carboxylic acid groups (broad SMARTS) is 1. The Morgan fingerprint density at radius 1 is 1.29 bits per heavy atom. The number of ketones is 1. The second-order valence-corrected chi connectivity index (χ2v) is 4.35. The van der Waals surface area contributed by atoms with Crippen LogP contribution in [0.25, 0.3) is 10.9 Å². The Balaban J connectivity index is 2.18. The summed E-state index contributed by atoms with van der Waals surface area (Å²) in [7, 11) is 1.51. The van der Waals surface area contributed by atoms with E-state index in [0.717, 1.165) is 5.52 Å². The van der Waals surface area contributed by atoms with Gasteiger partial charge in [-0.25, -0.2) is 9.78 Å². The lowest BCUT2D eigenvalue weighted by Crippen LogP contribution is -2.09. The van der Waals surface area contributed by atoms with Crippen LogP contribution in [0.5, 0.6) is 5.75 Å². The number of aromatic amines is 2. The van der Waals surface area contributed by atoms with Gasteiger partial charge >= 0.3 is 5.97 Å². The van der Waals surface area contributed by atoms with Crippen molar-refractivity contribution < 1.29 is 19.4 Å². The molecule has 2 aromatic heterocycles. The molecule has 7 heteroatoms. The molecule has 0 aliphatic heterocycles. The van der Waals surface area contributed by atoms with E-state index in [1.54, 1.807) is 18.2 Å². The zero-order chi connectivity index (χ0) is 15.0. The molecule has 0 saturated carbocycles. The number of carboxylic acids is 1. The van der Waals surface area contributed by atoms with Crippen LogP contribution in [0.4, 0.5) is 0 Å². The van der Waals surface area contributed by atoms with Crippen molar-refractivity contribution in [3.8, 4) is 5.75 Å². The normalized spacial score (nSPS) is 10.7. The van der Waals surface area contributed by atoms with Gasteiger partial charge in [-0.1, -0.05) is 6.07 Å². The first kappa shape index (κ1) is 12.9. The quantitative estimate of drug-likeness (QED) is 0.634. The number of carbonyl (C=O) groups is 2. The van der Waals surface area contributed by atoms with Gasteiger partial charge in [-0.15, -0.1) is 0 Å². The zero-order valence-corrected chi connectivity index (χ0v) is 11.0. The van der Waals surface area contributed by atoms with Crippen molar-refractivity contribution in [3.05, 3.63) is 47.7 Å². The molecular formula is C14H11N3O4. The van der Waals surface area contributed by atoms with Crippen LogP contribution in [-0.2, 0) is 0 Å². The number of nitrogens with zero attached hydrogens (tertiary/aromatic N) is 1. The first-order valence-corrected chi connectivity index (χ1v) is 6.09. The lowest BCUT2D eigenvalue weighted by atomic mass is 10.1. The highest BCUT2D eigenvalue weighted by Gasteiger charge is 2.24. The predicted molar refractivity (Wildman–Crippen MR) is 73.8 cm³/mol. The number of nitrogens with one attached hydrogen (secondary N) is 2. The smallest absolute Gasteiger partial charge is 0.354 e. The molecule has 3 N–H and O–H groups in total.